The van der Waals surface area contributed by atoms with Gasteiger partial charge in [0.25, 0.3) is 5.91 Å². The third kappa shape index (κ3) is 4.83. The third-order valence-electron chi connectivity index (χ3n) is 5.13. The first kappa shape index (κ1) is 19.6. The lowest BCUT2D eigenvalue weighted by molar-refractivity contribution is 0.0854. The first-order chi connectivity index (χ1) is 14.2. The van der Waals surface area contributed by atoms with Gasteiger partial charge in [-0.05, 0) is 25.0 Å². The van der Waals surface area contributed by atoms with Crippen molar-refractivity contribution < 1.29 is 14.3 Å². The van der Waals surface area contributed by atoms with Crippen molar-refractivity contribution in [2.75, 3.05) is 49.5 Å². The number of para-hydroxylation sites is 1. The summed E-state index contributed by atoms with van der Waals surface area (Å²) in [6.45, 7) is 3.89. The fourth-order valence-electron chi connectivity index (χ4n) is 3.50. The molecule has 2 aliphatic rings. The molecule has 1 aromatic heterocycles. The molecule has 2 aliphatic heterocycles. The van der Waals surface area contributed by atoms with Gasteiger partial charge in [0.2, 0.25) is 0 Å². The van der Waals surface area contributed by atoms with E-state index in [0.717, 1.165) is 49.8 Å². The maximum absolute atomic E-state index is 12.6. The van der Waals surface area contributed by atoms with E-state index in [1.54, 1.807) is 4.90 Å². The van der Waals surface area contributed by atoms with E-state index in [-0.39, 0.29) is 23.7 Å². The molecule has 0 aliphatic carbocycles. The molecule has 1 aromatic carbocycles. The summed E-state index contributed by atoms with van der Waals surface area (Å²) in [5.74, 6) is -0.349. The van der Waals surface area contributed by atoms with Gasteiger partial charge in [0, 0.05) is 56.6 Å². The Balaban J connectivity index is 1.29. The van der Waals surface area contributed by atoms with Crippen LogP contribution in [-0.4, -0.2) is 71.9 Å². The zero-order valence-electron chi connectivity index (χ0n) is 16.0. The summed E-state index contributed by atoms with van der Waals surface area (Å²) in [6, 6.07) is 9.91. The van der Waals surface area contributed by atoms with Gasteiger partial charge in [-0.1, -0.05) is 22.7 Å². The number of carbonyl (C=O) groups excluding carboxylic acids is 2. The van der Waals surface area contributed by atoms with Crippen molar-refractivity contribution in [1.82, 2.24) is 19.8 Å². The molecule has 154 valence electrons. The highest BCUT2D eigenvalue weighted by Crippen LogP contribution is 2.20. The number of hydrogen-bond acceptors (Lipinski definition) is 7. The zero-order valence-corrected chi connectivity index (χ0v) is 16.9. The Morgan fingerprint density at radius 3 is 2.69 bits per heavy atom. The Bertz CT molecular complexity index is 831. The molecular weight excluding hydrogens is 392 g/mol. The molecule has 0 bridgehead atoms. The SMILES string of the molecule is O=C(NCC1CCCO1)c1nnsc1NC(=O)N1CCN(c2ccccc2)CC1. The Kier molecular flexibility index (Phi) is 6.20. The number of benzene rings is 1. The lowest BCUT2D eigenvalue weighted by Gasteiger charge is -2.35. The zero-order chi connectivity index (χ0) is 20.1. The van der Waals surface area contributed by atoms with Crippen molar-refractivity contribution in [2.24, 2.45) is 0 Å². The second kappa shape index (κ2) is 9.19. The Hall–Kier alpha value is -2.72. The minimum absolute atomic E-state index is 0.0458. The van der Waals surface area contributed by atoms with Gasteiger partial charge in [-0.3, -0.25) is 10.1 Å². The van der Waals surface area contributed by atoms with E-state index in [1.165, 1.54) is 0 Å². The lowest BCUT2D eigenvalue weighted by atomic mass is 10.2. The number of rotatable bonds is 5. The number of amides is 3. The summed E-state index contributed by atoms with van der Waals surface area (Å²) in [5.41, 5.74) is 1.30. The van der Waals surface area contributed by atoms with Crippen molar-refractivity contribution in [3.05, 3.63) is 36.0 Å². The van der Waals surface area contributed by atoms with E-state index in [2.05, 4.69) is 37.3 Å². The van der Waals surface area contributed by atoms with E-state index >= 15 is 0 Å². The fourth-order valence-corrected chi connectivity index (χ4v) is 4.06. The normalized spacial score (nSPS) is 19.2. The highest BCUT2D eigenvalue weighted by molar-refractivity contribution is 7.10. The molecule has 4 rings (SSSR count). The maximum Gasteiger partial charge on any atom is 0.322 e. The molecule has 3 heterocycles. The number of nitrogens with one attached hydrogen (secondary N) is 2. The predicted molar refractivity (Wildman–Crippen MR) is 110 cm³/mol. The summed E-state index contributed by atoms with van der Waals surface area (Å²) < 4.78 is 9.34. The molecule has 2 N–H and O–H groups in total. The van der Waals surface area contributed by atoms with Crippen LogP contribution in [0.2, 0.25) is 0 Å². The van der Waals surface area contributed by atoms with Crippen LogP contribution in [0.5, 0.6) is 0 Å². The van der Waals surface area contributed by atoms with Crippen LogP contribution >= 0.6 is 11.5 Å². The summed E-state index contributed by atoms with van der Waals surface area (Å²) in [6.07, 6.45) is 2.00. The number of hydrogen-bond donors (Lipinski definition) is 2. The smallest absolute Gasteiger partial charge is 0.322 e. The summed E-state index contributed by atoms with van der Waals surface area (Å²) >= 11 is 1.00. The summed E-state index contributed by atoms with van der Waals surface area (Å²) in [5, 5.41) is 9.86. The van der Waals surface area contributed by atoms with Crippen LogP contribution in [0.4, 0.5) is 15.5 Å². The molecule has 0 saturated carbocycles. The van der Waals surface area contributed by atoms with Gasteiger partial charge in [-0.25, -0.2) is 4.79 Å². The first-order valence-electron chi connectivity index (χ1n) is 9.79. The number of anilines is 2. The van der Waals surface area contributed by atoms with E-state index in [4.69, 9.17) is 4.74 Å². The molecule has 2 aromatic rings. The average Bonchev–Trinajstić information content (AvgIpc) is 3.45. The number of ether oxygens (including phenoxy) is 1. The van der Waals surface area contributed by atoms with Gasteiger partial charge in [0.15, 0.2) is 10.7 Å². The van der Waals surface area contributed by atoms with Crippen LogP contribution in [0.3, 0.4) is 0 Å². The van der Waals surface area contributed by atoms with Crippen LogP contribution in [0.1, 0.15) is 23.3 Å². The summed E-state index contributed by atoms with van der Waals surface area (Å²) in [7, 11) is 0. The molecule has 10 heteroatoms. The topological polar surface area (TPSA) is 99.7 Å². The second-order valence-corrected chi connectivity index (χ2v) is 7.79. The Morgan fingerprint density at radius 1 is 1.17 bits per heavy atom. The van der Waals surface area contributed by atoms with Crippen LogP contribution in [0.25, 0.3) is 0 Å². The molecule has 2 fully saturated rings. The minimum atomic E-state index is -0.349. The molecule has 2 saturated heterocycles. The maximum atomic E-state index is 12.6. The second-order valence-electron chi connectivity index (χ2n) is 7.04. The third-order valence-corrected chi connectivity index (χ3v) is 5.77. The molecule has 0 radical (unpaired) electrons. The summed E-state index contributed by atoms with van der Waals surface area (Å²) in [4.78, 5) is 29.0. The van der Waals surface area contributed by atoms with E-state index in [0.29, 0.717) is 24.6 Å². The number of aromatic nitrogens is 2. The Labute approximate surface area is 173 Å². The van der Waals surface area contributed by atoms with Crippen LogP contribution in [0, 0.1) is 0 Å². The number of nitrogens with zero attached hydrogens (tertiary/aromatic N) is 4. The minimum Gasteiger partial charge on any atom is -0.376 e. The Morgan fingerprint density at radius 2 is 1.97 bits per heavy atom. The van der Waals surface area contributed by atoms with Crippen molar-refractivity contribution in [2.45, 2.75) is 18.9 Å². The molecule has 0 spiro atoms. The van der Waals surface area contributed by atoms with Gasteiger partial charge >= 0.3 is 6.03 Å². The largest absolute Gasteiger partial charge is 0.376 e. The molecule has 3 amide bonds. The van der Waals surface area contributed by atoms with Gasteiger partial charge in [0.1, 0.15) is 0 Å². The lowest BCUT2D eigenvalue weighted by Crippen LogP contribution is -2.50. The van der Waals surface area contributed by atoms with Gasteiger partial charge in [0.05, 0.1) is 6.10 Å². The van der Waals surface area contributed by atoms with Crippen molar-refractivity contribution >= 4 is 34.2 Å². The van der Waals surface area contributed by atoms with Gasteiger partial charge in [-0.15, -0.1) is 5.10 Å². The standard InChI is InChI=1S/C19H24N6O3S/c26-17(20-13-15-7-4-12-28-15)16-18(29-23-22-16)21-19(27)25-10-8-24(9-11-25)14-5-2-1-3-6-14/h1-3,5-6,15H,4,7-13H2,(H,20,26)(H,21,27). The van der Waals surface area contributed by atoms with Crippen LogP contribution < -0.4 is 15.5 Å². The van der Waals surface area contributed by atoms with E-state index < -0.39 is 0 Å². The van der Waals surface area contributed by atoms with Gasteiger partial charge in [-0.2, -0.15) is 0 Å². The number of piperazine rings is 1. The highest BCUT2D eigenvalue weighted by Gasteiger charge is 2.25. The quantitative estimate of drug-likeness (QED) is 0.771. The van der Waals surface area contributed by atoms with Gasteiger partial charge < -0.3 is 19.9 Å². The van der Waals surface area contributed by atoms with Crippen molar-refractivity contribution in [3.63, 3.8) is 0 Å². The van der Waals surface area contributed by atoms with Crippen LogP contribution in [0.15, 0.2) is 30.3 Å². The molecule has 9 nitrogen and oxygen atoms in total. The van der Waals surface area contributed by atoms with E-state index in [9.17, 15) is 9.59 Å². The van der Waals surface area contributed by atoms with Crippen LogP contribution in [-0.2, 0) is 4.74 Å². The fraction of sp³-hybridized carbons (Fsp3) is 0.474. The van der Waals surface area contributed by atoms with Crippen molar-refractivity contribution in [3.8, 4) is 0 Å². The predicted octanol–water partition coefficient (Wildman–Crippen LogP) is 1.80. The van der Waals surface area contributed by atoms with Crippen molar-refractivity contribution in [1.29, 1.82) is 0 Å². The van der Waals surface area contributed by atoms with E-state index in [1.807, 2.05) is 18.2 Å². The monoisotopic (exact) mass is 416 g/mol. The molecular formula is C19H24N6O3S. The highest BCUT2D eigenvalue weighted by atomic mass is 32.1. The number of urea groups is 1. The average molecular weight is 417 g/mol. The molecule has 1 atom stereocenters. The number of carbonyl (C=O) groups is 2. The molecule has 1 unspecified atom stereocenters. The molecule has 29 heavy (non-hydrogen) atoms. The first-order valence-corrected chi connectivity index (χ1v) is 10.6.